The van der Waals surface area contributed by atoms with E-state index in [1.807, 2.05) is 33.2 Å². The van der Waals surface area contributed by atoms with Crippen LogP contribution in [0.25, 0.3) is 0 Å². The third kappa shape index (κ3) is 13.4. The molecule has 0 aliphatic heterocycles. The van der Waals surface area contributed by atoms with Gasteiger partial charge in [-0.25, -0.2) is 9.97 Å². The first-order valence-corrected chi connectivity index (χ1v) is 7.85. The maximum absolute atomic E-state index is 4.15. The van der Waals surface area contributed by atoms with Crippen molar-refractivity contribution >= 4 is 0 Å². The maximum atomic E-state index is 4.15. The Morgan fingerprint density at radius 2 is 1.60 bits per heavy atom. The Morgan fingerprint density at radius 3 is 2.05 bits per heavy atom. The zero-order chi connectivity index (χ0) is 15.8. The van der Waals surface area contributed by atoms with Gasteiger partial charge in [-0.15, -0.1) is 0 Å². The summed E-state index contributed by atoms with van der Waals surface area (Å²) in [4.78, 5) is 8.29. The highest BCUT2D eigenvalue weighted by molar-refractivity contribution is 5.04. The van der Waals surface area contributed by atoms with Crippen LogP contribution in [0.2, 0.25) is 0 Å². The highest BCUT2D eigenvalue weighted by Gasteiger charge is 1.99. The fourth-order valence-corrected chi connectivity index (χ4v) is 1.36. The zero-order valence-corrected chi connectivity index (χ0v) is 14.5. The van der Waals surface area contributed by atoms with Crippen molar-refractivity contribution in [1.29, 1.82) is 0 Å². The molecular formula is C16H34N4. The minimum atomic E-state index is 0.501. The smallest absolute Gasteiger partial charge is 0.125 e. The average Bonchev–Trinajstić information content (AvgIpc) is 2.44. The molecule has 0 saturated heterocycles. The Morgan fingerprint density at radius 1 is 1.10 bits per heavy atom. The summed E-state index contributed by atoms with van der Waals surface area (Å²) in [7, 11) is 0. The van der Waals surface area contributed by atoms with Gasteiger partial charge in [0.25, 0.3) is 0 Å². The molecule has 0 spiro atoms. The van der Waals surface area contributed by atoms with E-state index in [0.29, 0.717) is 6.04 Å². The van der Waals surface area contributed by atoms with E-state index >= 15 is 0 Å². The zero-order valence-electron chi connectivity index (χ0n) is 14.5. The van der Waals surface area contributed by atoms with Gasteiger partial charge in [0.05, 0.1) is 0 Å². The van der Waals surface area contributed by atoms with Gasteiger partial charge in [-0.3, -0.25) is 0 Å². The van der Waals surface area contributed by atoms with Gasteiger partial charge in [-0.1, -0.05) is 41.0 Å². The largest absolute Gasteiger partial charge is 0.313 e. The second kappa shape index (κ2) is 16.1. The van der Waals surface area contributed by atoms with Crippen LogP contribution in [-0.4, -0.2) is 29.1 Å². The van der Waals surface area contributed by atoms with Crippen LogP contribution in [0.1, 0.15) is 59.4 Å². The van der Waals surface area contributed by atoms with Crippen LogP contribution in [0.15, 0.2) is 12.4 Å². The number of likely N-dealkylation sites (N-methyl/N-ethyl adjacent to an activating group) is 1. The fourth-order valence-electron chi connectivity index (χ4n) is 1.36. The van der Waals surface area contributed by atoms with Crippen LogP contribution in [0, 0.1) is 6.92 Å². The van der Waals surface area contributed by atoms with Gasteiger partial charge in [0.1, 0.15) is 5.82 Å². The lowest BCUT2D eigenvalue weighted by Crippen LogP contribution is -2.35. The van der Waals surface area contributed by atoms with Gasteiger partial charge in [0.2, 0.25) is 0 Å². The van der Waals surface area contributed by atoms with Gasteiger partial charge in [-0.2, -0.15) is 0 Å². The van der Waals surface area contributed by atoms with E-state index in [-0.39, 0.29) is 0 Å². The molecule has 4 nitrogen and oxygen atoms in total. The van der Waals surface area contributed by atoms with Crippen molar-refractivity contribution in [1.82, 2.24) is 20.6 Å². The van der Waals surface area contributed by atoms with Crippen molar-refractivity contribution in [3.63, 3.8) is 0 Å². The lowest BCUT2D eigenvalue weighted by atomic mass is 10.3. The van der Waals surface area contributed by atoms with Crippen LogP contribution in [0.5, 0.6) is 0 Å². The normalized spacial score (nSPS) is 10.8. The molecule has 0 radical (unpaired) electrons. The first kappa shape index (κ1) is 21.3. The molecule has 1 aromatic rings. The van der Waals surface area contributed by atoms with E-state index in [0.717, 1.165) is 31.0 Å². The minimum Gasteiger partial charge on any atom is -0.313 e. The van der Waals surface area contributed by atoms with Gasteiger partial charge >= 0.3 is 0 Å². The van der Waals surface area contributed by atoms with E-state index in [1.165, 1.54) is 6.42 Å². The molecule has 0 aliphatic carbocycles. The van der Waals surface area contributed by atoms with E-state index in [9.17, 15) is 0 Å². The second-order valence-electron chi connectivity index (χ2n) is 4.44. The summed E-state index contributed by atoms with van der Waals surface area (Å²) in [5, 5.41) is 6.71. The highest BCUT2D eigenvalue weighted by Crippen LogP contribution is 1.94. The average molecular weight is 282 g/mol. The molecule has 0 aromatic carbocycles. The summed E-state index contributed by atoms with van der Waals surface area (Å²) in [6, 6.07) is 0.501. The number of nitrogens with zero attached hydrogens (tertiary/aromatic N) is 2. The number of rotatable bonds is 6. The van der Waals surface area contributed by atoms with Crippen LogP contribution in [0.3, 0.4) is 0 Å². The Balaban J connectivity index is 0. The third-order valence-electron chi connectivity index (χ3n) is 2.17. The number of hydrogen-bond acceptors (Lipinski definition) is 4. The van der Waals surface area contributed by atoms with Crippen molar-refractivity contribution in [2.45, 2.75) is 67.5 Å². The standard InChI is InChI=1S/C11H20N4.C3H8.C2H6/c1-4-13-9(2)5-12-6-11-7-14-10(3)15-8-11;1-3-2;1-2/h7-9,12-13H,4-6H2,1-3H3;3H2,1-2H3;1-2H3/t9-;;/m1../s1. The highest BCUT2D eigenvalue weighted by atomic mass is 15.0. The van der Waals surface area contributed by atoms with Crippen molar-refractivity contribution < 1.29 is 0 Å². The van der Waals surface area contributed by atoms with Gasteiger partial charge in [-0.05, 0) is 20.4 Å². The molecule has 1 atom stereocenters. The predicted octanol–water partition coefficient (Wildman–Crippen LogP) is 3.32. The van der Waals surface area contributed by atoms with Crippen LogP contribution in [0.4, 0.5) is 0 Å². The molecule has 1 aromatic heterocycles. The van der Waals surface area contributed by atoms with E-state index < -0.39 is 0 Å². The fraction of sp³-hybridized carbons (Fsp3) is 0.750. The molecule has 20 heavy (non-hydrogen) atoms. The molecule has 0 unspecified atom stereocenters. The van der Waals surface area contributed by atoms with Crippen molar-refractivity contribution in [3.8, 4) is 0 Å². The summed E-state index contributed by atoms with van der Waals surface area (Å²) in [6.45, 7) is 17.2. The quantitative estimate of drug-likeness (QED) is 0.840. The molecule has 0 aliphatic rings. The molecule has 0 fully saturated rings. The summed E-state index contributed by atoms with van der Waals surface area (Å²) in [6.07, 6.45) is 4.99. The lowest BCUT2D eigenvalue weighted by molar-refractivity contribution is 0.514. The molecule has 4 heteroatoms. The van der Waals surface area contributed by atoms with Crippen LogP contribution in [-0.2, 0) is 6.54 Å². The minimum absolute atomic E-state index is 0.501. The lowest BCUT2D eigenvalue weighted by Gasteiger charge is -2.12. The Kier molecular flexibility index (Phi) is 17.1. The molecule has 118 valence electrons. The summed E-state index contributed by atoms with van der Waals surface area (Å²) in [5.41, 5.74) is 1.13. The topological polar surface area (TPSA) is 49.8 Å². The van der Waals surface area contributed by atoms with E-state index in [1.54, 1.807) is 0 Å². The number of aromatic nitrogens is 2. The summed E-state index contributed by atoms with van der Waals surface area (Å²) in [5.74, 6) is 0.819. The first-order valence-electron chi connectivity index (χ1n) is 7.85. The maximum Gasteiger partial charge on any atom is 0.125 e. The van der Waals surface area contributed by atoms with Crippen molar-refractivity contribution in [2.75, 3.05) is 13.1 Å². The molecular weight excluding hydrogens is 248 g/mol. The van der Waals surface area contributed by atoms with E-state index in [4.69, 9.17) is 0 Å². The summed E-state index contributed by atoms with van der Waals surface area (Å²) < 4.78 is 0. The Bertz CT molecular complexity index is 285. The summed E-state index contributed by atoms with van der Waals surface area (Å²) >= 11 is 0. The van der Waals surface area contributed by atoms with Gasteiger partial charge < -0.3 is 10.6 Å². The monoisotopic (exact) mass is 282 g/mol. The SMILES string of the molecule is CC.CCC.CCN[C@H](C)CNCc1cnc(C)nc1. The molecule has 2 N–H and O–H groups in total. The molecule has 0 amide bonds. The van der Waals surface area contributed by atoms with Crippen molar-refractivity contribution in [2.24, 2.45) is 0 Å². The Labute approximate surface area is 125 Å². The van der Waals surface area contributed by atoms with Gasteiger partial charge in [0.15, 0.2) is 0 Å². The number of aryl methyl sites for hydroxylation is 1. The molecule has 1 rings (SSSR count). The predicted molar refractivity (Wildman–Crippen MR) is 88.9 cm³/mol. The van der Waals surface area contributed by atoms with Gasteiger partial charge in [0, 0.05) is 37.1 Å². The molecule has 0 saturated carbocycles. The number of nitrogens with one attached hydrogen (secondary N) is 2. The second-order valence-corrected chi connectivity index (χ2v) is 4.44. The van der Waals surface area contributed by atoms with Crippen molar-refractivity contribution in [3.05, 3.63) is 23.8 Å². The number of hydrogen-bond donors (Lipinski definition) is 2. The first-order chi connectivity index (χ1) is 9.63. The van der Waals surface area contributed by atoms with Crippen LogP contribution >= 0.6 is 0 Å². The van der Waals surface area contributed by atoms with Crippen LogP contribution < -0.4 is 10.6 Å². The van der Waals surface area contributed by atoms with E-state index in [2.05, 4.69) is 48.3 Å². The third-order valence-corrected chi connectivity index (χ3v) is 2.17. The molecule has 1 heterocycles. The Hall–Kier alpha value is -1.00. The molecule has 0 bridgehead atoms.